The quantitative estimate of drug-likeness (QED) is 0.710. The summed E-state index contributed by atoms with van der Waals surface area (Å²) in [6.45, 7) is 20.0. The van der Waals surface area contributed by atoms with Crippen molar-refractivity contribution in [3.63, 3.8) is 0 Å². The fourth-order valence-corrected chi connectivity index (χ4v) is 0.970. The van der Waals surface area contributed by atoms with Gasteiger partial charge in [0.15, 0.2) is 0 Å². The molecule has 0 bridgehead atoms. The molecule has 0 N–H and O–H groups in total. The molecule has 0 aromatic carbocycles. The normalized spacial score (nSPS) is 8.14. The fraction of sp³-hybridized carbons (Fsp3) is 0.812. The van der Waals surface area contributed by atoms with Gasteiger partial charge in [-0.1, -0.05) is 47.6 Å². The van der Waals surface area contributed by atoms with Crippen LogP contribution < -0.4 is 5.10 Å². The Morgan fingerprint density at radius 1 is 0.773 bits per heavy atom. The molecule has 0 amide bonds. The van der Waals surface area contributed by atoms with Crippen LogP contribution in [0.15, 0.2) is 12.3 Å². The zero-order valence-corrected chi connectivity index (χ0v) is 17.2. The van der Waals surface area contributed by atoms with E-state index in [1.165, 1.54) is 0 Å². The monoisotopic (exact) mass is 345 g/mol. The third-order valence-corrected chi connectivity index (χ3v) is 1.94. The number of rotatable bonds is 6. The fourth-order valence-electron chi connectivity index (χ4n) is 0.970. The van der Waals surface area contributed by atoms with E-state index in [0.717, 1.165) is 45.0 Å². The van der Waals surface area contributed by atoms with Gasteiger partial charge in [-0.25, -0.2) is 0 Å². The van der Waals surface area contributed by atoms with Gasteiger partial charge in [0, 0.05) is 5.69 Å². The van der Waals surface area contributed by atoms with Crippen molar-refractivity contribution in [2.45, 2.75) is 48.5 Å². The SMILES string of the molecule is CC[N-]CC.CC[N-]CC.CC[N-]CC.Cc1cc[n-]n1.[Ti+4]. The van der Waals surface area contributed by atoms with Crippen molar-refractivity contribution in [2.75, 3.05) is 39.3 Å². The van der Waals surface area contributed by atoms with Gasteiger partial charge in [0.2, 0.25) is 0 Å². The second kappa shape index (κ2) is 32.7. The van der Waals surface area contributed by atoms with Gasteiger partial charge in [-0.15, -0.1) is 0 Å². The molecular formula is C16H35N5Ti. The number of aromatic nitrogens is 2. The van der Waals surface area contributed by atoms with Crippen LogP contribution in [0, 0.1) is 6.92 Å². The van der Waals surface area contributed by atoms with Gasteiger partial charge in [0.25, 0.3) is 0 Å². The number of aryl methyl sites for hydroxylation is 1. The molecule has 0 aliphatic carbocycles. The zero-order chi connectivity index (χ0) is 16.8. The summed E-state index contributed by atoms with van der Waals surface area (Å²) in [6.07, 6.45) is 1.68. The summed E-state index contributed by atoms with van der Waals surface area (Å²) in [6, 6.07) is 1.86. The Labute approximate surface area is 153 Å². The summed E-state index contributed by atoms with van der Waals surface area (Å²) in [7, 11) is 0. The van der Waals surface area contributed by atoms with Gasteiger partial charge in [-0.3, -0.25) is 0 Å². The summed E-state index contributed by atoms with van der Waals surface area (Å²) in [5.74, 6) is 0. The average Bonchev–Trinajstić information content (AvgIpc) is 2.95. The molecule has 1 heterocycles. The van der Waals surface area contributed by atoms with Crippen molar-refractivity contribution in [1.82, 2.24) is 10.2 Å². The molecule has 1 aromatic heterocycles. The maximum absolute atomic E-state index is 3.97. The topological polar surface area (TPSA) is 69.3 Å². The van der Waals surface area contributed by atoms with Crippen LogP contribution in [-0.4, -0.2) is 44.4 Å². The number of hydrogen-bond donors (Lipinski definition) is 0. The van der Waals surface area contributed by atoms with E-state index in [1.54, 1.807) is 6.20 Å². The molecule has 0 unspecified atom stereocenters. The minimum absolute atomic E-state index is 0. The summed E-state index contributed by atoms with van der Waals surface area (Å²) >= 11 is 0. The average molecular weight is 345 g/mol. The van der Waals surface area contributed by atoms with Crippen molar-refractivity contribution in [3.05, 3.63) is 33.9 Å². The number of hydrogen-bond acceptors (Lipinski definition) is 1. The Bertz CT molecular complexity index is 210. The summed E-state index contributed by atoms with van der Waals surface area (Å²) in [5, 5.41) is 19.2. The van der Waals surface area contributed by atoms with E-state index < -0.39 is 0 Å². The predicted octanol–water partition coefficient (Wildman–Crippen LogP) is 4.54. The second-order valence-electron chi connectivity index (χ2n) is 3.74. The van der Waals surface area contributed by atoms with Crippen LogP contribution >= 0.6 is 0 Å². The molecule has 0 saturated carbocycles. The van der Waals surface area contributed by atoms with E-state index in [1.807, 2.05) is 54.5 Å². The summed E-state index contributed by atoms with van der Waals surface area (Å²) in [5.41, 5.74) is 0.981. The Kier molecular flexibility index (Phi) is 44.2. The van der Waals surface area contributed by atoms with Crippen LogP contribution in [-0.2, 0) is 21.7 Å². The molecule has 1 aromatic rings. The third kappa shape index (κ3) is 42.7. The summed E-state index contributed by atoms with van der Waals surface area (Å²) < 4.78 is 0. The number of nitrogens with zero attached hydrogens (tertiary/aromatic N) is 5. The maximum atomic E-state index is 3.97. The van der Waals surface area contributed by atoms with Gasteiger partial charge in [-0.2, -0.15) is 45.5 Å². The van der Waals surface area contributed by atoms with Crippen LogP contribution in [0.5, 0.6) is 0 Å². The van der Waals surface area contributed by atoms with Crippen molar-refractivity contribution < 1.29 is 21.7 Å². The molecule has 1 rings (SSSR count). The van der Waals surface area contributed by atoms with Crippen LogP contribution in [0.2, 0.25) is 0 Å². The van der Waals surface area contributed by atoms with E-state index in [9.17, 15) is 0 Å². The molecular weight excluding hydrogens is 310 g/mol. The van der Waals surface area contributed by atoms with E-state index in [-0.39, 0.29) is 21.7 Å². The van der Waals surface area contributed by atoms with Gasteiger partial charge in [0.1, 0.15) is 0 Å². The molecule has 6 heteroatoms. The summed E-state index contributed by atoms with van der Waals surface area (Å²) in [4.78, 5) is 0. The molecule has 0 fully saturated rings. The van der Waals surface area contributed by atoms with E-state index in [4.69, 9.17) is 0 Å². The first kappa shape index (κ1) is 29.8. The first-order chi connectivity index (χ1) is 10.1. The Hall–Kier alpha value is -0.196. The van der Waals surface area contributed by atoms with Gasteiger partial charge < -0.3 is 26.1 Å². The largest absolute Gasteiger partial charge is 4.00 e. The van der Waals surface area contributed by atoms with Crippen LogP contribution in [0.1, 0.15) is 47.2 Å². The second-order valence-corrected chi connectivity index (χ2v) is 3.74. The standard InChI is InChI=1S/C4H5N2.3C4H10N.Ti/c1-4-2-3-5-6-4;3*1-3-5-4-2;/h2-3H,1H3;3*3-4H2,1-2H3;/q4*-1;+4. The van der Waals surface area contributed by atoms with E-state index in [2.05, 4.69) is 26.1 Å². The molecule has 0 saturated heterocycles. The minimum atomic E-state index is 0. The molecule has 5 nitrogen and oxygen atoms in total. The predicted molar refractivity (Wildman–Crippen MR) is 95.6 cm³/mol. The Morgan fingerprint density at radius 3 is 1.14 bits per heavy atom. The first-order valence-corrected chi connectivity index (χ1v) is 7.94. The molecule has 0 aliphatic rings. The molecule has 128 valence electrons. The third-order valence-electron chi connectivity index (χ3n) is 1.94. The van der Waals surface area contributed by atoms with Gasteiger partial charge in [0.05, 0.1) is 0 Å². The molecule has 0 spiro atoms. The van der Waals surface area contributed by atoms with Crippen LogP contribution in [0.3, 0.4) is 0 Å². The molecule has 22 heavy (non-hydrogen) atoms. The molecule has 0 radical (unpaired) electrons. The first-order valence-electron chi connectivity index (χ1n) is 7.94. The Balaban J connectivity index is -0.0000000973. The molecule has 0 atom stereocenters. The van der Waals surface area contributed by atoms with E-state index in [0.29, 0.717) is 0 Å². The van der Waals surface area contributed by atoms with Gasteiger partial charge >= 0.3 is 21.7 Å². The minimum Gasteiger partial charge on any atom is -0.663 e. The van der Waals surface area contributed by atoms with Crippen LogP contribution in [0.4, 0.5) is 0 Å². The maximum Gasteiger partial charge on any atom is 4.00 e. The van der Waals surface area contributed by atoms with Crippen molar-refractivity contribution in [3.8, 4) is 0 Å². The van der Waals surface area contributed by atoms with Gasteiger partial charge in [-0.05, 0) is 6.92 Å². The van der Waals surface area contributed by atoms with Crippen molar-refractivity contribution in [1.29, 1.82) is 0 Å². The van der Waals surface area contributed by atoms with Crippen molar-refractivity contribution >= 4 is 0 Å². The van der Waals surface area contributed by atoms with E-state index >= 15 is 0 Å². The Morgan fingerprint density at radius 2 is 1.09 bits per heavy atom. The van der Waals surface area contributed by atoms with Crippen LogP contribution in [0.25, 0.3) is 16.0 Å². The zero-order valence-electron chi connectivity index (χ0n) is 15.6. The van der Waals surface area contributed by atoms with Crippen molar-refractivity contribution in [2.24, 2.45) is 0 Å². The smallest absolute Gasteiger partial charge is 0.663 e. The molecule has 0 aliphatic heterocycles.